The van der Waals surface area contributed by atoms with E-state index < -0.39 is 0 Å². The fourth-order valence-corrected chi connectivity index (χ4v) is 2.69. The third-order valence-electron chi connectivity index (χ3n) is 3.31. The average molecular weight is 334 g/mol. The maximum absolute atomic E-state index is 6.16. The molecular formula is C16H20BrN3. The summed E-state index contributed by atoms with van der Waals surface area (Å²) < 4.78 is 1.09. The van der Waals surface area contributed by atoms with Gasteiger partial charge in [-0.25, -0.2) is 0 Å². The first kappa shape index (κ1) is 15.2. The number of pyridine rings is 1. The molecule has 106 valence electrons. The van der Waals surface area contributed by atoms with E-state index in [1.165, 1.54) is 5.56 Å². The average Bonchev–Trinajstić information content (AvgIpc) is 2.42. The summed E-state index contributed by atoms with van der Waals surface area (Å²) in [6.07, 6.45) is 1.82. The zero-order chi connectivity index (χ0) is 14.5. The predicted molar refractivity (Wildman–Crippen MR) is 86.2 cm³/mol. The maximum Gasteiger partial charge on any atom is 0.0671 e. The van der Waals surface area contributed by atoms with Crippen molar-refractivity contribution in [3.63, 3.8) is 0 Å². The number of hydrogen-bond acceptors (Lipinski definition) is 3. The molecule has 2 rings (SSSR count). The predicted octanol–water partition coefficient (Wildman–Crippen LogP) is 3.36. The van der Waals surface area contributed by atoms with Crippen molar-refractivity contribution >= 4 is 15.9 Å². The topological polar surface area (TPSA) is 42.1 Å². The fraction of sp³-hybridized carbons (Fsp3) is 0.312. The van der Waals surface area contributed by atoms with Gasteiger partial charge in [0.15, 0.2) is 0 Å². The lowest BCUT2D eigenvalue weighted by atomic mass is 10.0. The number of nitrogens with zero attached hydrogens (tertiary/aromatic N) is 2. The molecule has 1 heterocycles. The van der Waals surface area contributed by atoms with E-state index in [2.05, 4.69) is 57.1 Å². The molecule has 1 aromatic heterocycles. The molecule has 2 atom stereocenters. The van der Waals surface area contributed by atoms with Gasteiger partial charge >= 0.3 is 0 Å². The van der Waals surface area contributed by atoms with Crippen molar-refractivity contribution in [2.75, 3.05) is 7.05 Å². The minimum atomic E-state index is 0.0188. The molecule has 0 aliphatic rings. The van der Waals surface area contributed by atoms with Gasteiger partial charge in [-0.3, -0.25) is 9.88 Å². The molecule has 0 aliphatic carbocycles. The molecule has 0 saturated heterocycles. The molecule has 0 bridgehead atoms. The van der Waals surface area contributed by atoms with E-state index in [-0.39, 0.29) is 12.1 Å². The first-order chi connectivity index (χ1) is 9.58. The Morgan fingerprint density at radius 1 is 1.20 bits per heavy atom. The first-order valence-corrected chi connectivity index (χ1v) is 7.48. The number of likely N-dealkylation sites (N-methyl/N-ethyl adjacent to an activating group) is 1. The Morgan fingerprint density at radius 2 is 1.90 bits per heavy atom. The Kier molecular flexibility index (Phi) is 5.29. The summed E-state index contributed by atoms with van der Waals surface area (Å²) in [5.74, 6) is 0. The number of rotatable bonds is 5. The van der Waals surface area contributed by atoms with Crippen molar-refractivity contribution < 1.29 is 0 Å². The second-order valence-corrected chi connectivity index (χ2v) is 6.02. The summed E-state index contributed by atoms with van der Waals surface area (Å²) in [7, 11) is 2.09. The zero-order valence-electron chi connectivity index (χ0n) is 11.8. The Labute approximate surface area is 129 Å². The maximum atomic E-state index is 6.16. The van der Waals surface area contributed by atoms with Crippen LogP contribution in [0.25, 0.3) is 0 Å². The Balaban J connectivity index is 2.15. The molecular weight excluding hydrogens is 314 g/mol. The summed E-state index contributed by atoms with van der Waals surface area (Å²) in [6.45, 7) is 2.87. The number of hydrogen-bond donors (Lipinski definition) is 1. The van der Waals surface area contributed by atoms with Crippen molar-refractivity contribution in [1.29, 1.82) is 0 Å². The Bertz CT molecular complexity index is 525. The van der Waals surface area contributed by atoms with Crippen LogP contribution in [0.4, 0.5) is 0 Å². The van der Waals surface area contributed by atoms with Gasteiger partial charge < -0.3 is 5.73 Å². The van der Waals surface area contributed by atoms with Crippen LogP contribution < -0.4 is 5.73 Å². The van der Waals surface area contributed by atoms with E-state index in [0.717, 1.165) is 16.7 Å². The van der Waals surface area contributed by atoms with Crippen molar-refractivity contribution in [3.05, 3.63) is 64.4 Å². The minimum Gasteiger partial charge on any atom is -0.326 e. The SMILES string of the molecule is CC(N)C(c1ccccn1)N(C)Cc1ccc(Br)cc1. The van der Waals surface area contributed by atoms with Gasteiger partial charge in [-0.05, 0) is 43.8 Å². The highest BCUT2D eigenvalue weighted by molar-refractivity contribution is 9.10. The number of benzene rings is 1. The Morgan fingerprint density at radius 3 is 2.45 bits per heavy atom. The van der Waals surface area contributed by atoms with E-state index >= 15 is 0 Å². The third kappa shape index (κ3) is 3.88. The quantitative estimate of drug-likeness (QED) is 0.912. The van der Waals surface area contributed by atoms with Crippen LogP contribution >= 0.6 is 15.9 Å². The van der Waals surface area contributed by atoms with Crippen LogP contribution in [-0.2, 0) is 6.54 Å². The highest BCUT2D eigenvalue weighted by atomic mass is 79.9. The fourth-order valence-electron chi connectivity index (χ4n) is 2.42. The summed E-state index contributed by atoms with van der Waals surface area (Å²) in [5, 5.41) is 0. The van der Waals surface area contributed by atoms with E-state index in [1.54, 1.807) is 0 Å². The van der Waals surface area contributed by atoms with Gasteiger partial charge in [0.25, 0.3) is 0 Å². The van der Waals surface area contributed by atoms with Crippen molar-refractivity contribution in [3.8, 4) is 0 Å². The van der Waals surface area contributed by atoms with Gasteiger partial charge in [0.2, 0.25) is 0 Å². The first-order valence-electron chi connectivity index (χ1n) is 6.69. The van der Waals surface area contributed by atoms with Crippen molar-refractivity contribution in [2.45, 2.75) is 25.6 Å². The number of halogens is 1. The van der Waals surface area contributed by atoms with Gasteiger partial charge in [-0.1, -0.05) is 34.1 Å². The molecule has 0 spiro atoms. The van der Waals surface area contributed by atoms with Gasteiger partial charge in [-0.15, -0.1) is 0 Å². The van der Waals surface area contributed by atoms with E-state index in [4.69, 9.17) is 5.73 Å². The van der Waals surface area contributed by atoms with Gasteiger partial charge in [0.05, 0.1) is 11.7 Å². The third-order valence-corrected chi connectivity index (χ3v) is 3.84. The molecule has 0 fully saturated rings. The van der Waals surface area contributed by atoms with Crippen LogP contribution in [-0.4, -0.2) is 23.0 Å². The van der Waals surface area contributed by atoms with Crippen LogP contribution in [0, 0.1) is 0 Å². The van der Waals surface area contributed by atoms with Crippen LogP contribution in [0.5, 0.6) is 0 Å². The largest absolute Gasteiger partial charge is 0.326 e. The number of aromatic nitrogens is 1. The molecule has 2 unspecified atom stereocenters. The lowest BCUT2D eigenvalue weighted by Crippen LogP contribution is -2.37. The lowest BCUT2D eigenvalue weighted by Gasteiger charge is -2.30. The molecule has 4 heteroatoms. The molecule has 1 aromatic carbocycles. The molecule has 0 amide bonds. The standard InChI is InChI=1S/C16H20BrN3/c1-12(18)16(15-5-3-4-10-19-15)20(2)11-13-6-8-14(17)9-7-13/h3-10,12,16H,11,18H2,1-2H3. The second kappa shape index (κ2) is 6.97. The van der Waals surface area contributed by atoms with Gasteiger partial charge in [-0.2, -0.15) is 0 Å². The van der Waals surface area contributed by atoms with E-state index in [0.29, 0.717) is 0 Å². The molecule has 2 N–H and O–H groups in total. The summed E-state index contributed by atoms with van der Waals surface area (Å²) >= 11 is 3.46. The van der Waals surface area contributed by atoms with Crippen molar-refractivity contribution in [2.24, 2.45) is 5.73 Å². The minimum absolute atomic E-state index is 0.0188. The highest BCUT2D eigenvalue weighted by Gasteiger charge is 2.22. The monoisotopic (exact) mass is 333 g/mol. The molecule has 0 radical (unpaired) electrons. The second-order valence-electron chi connectivity index (χ2n) is 5.10. The summed E-state index contributed by atoms with van der Waals surface area (Å²) in [5.41, 5.74) is 8.44. The smallest absolute Gasteiger partial charge is 0.0671 e. The van der Waals surface area contributed by atoms with Gasteiger partial charge in [0, 0.05) is 23.3 Å². The number of nitrogens with two attached hydrogens (primary N) is 1. The van der Waals surface area contributed by atoms with Crippen molar-refractivity contribution in [1.82, 2.24) is 9.88 Å². The molecule has 0 aliphatic heterocycles. The van der Waals surface area contributed by atoms with Crippen LogP contribution in [0.3, 0.4) is 0 Å². The molecule has 2 aromatic rings. The summed E-state index contributed by atoms with van der Waals surface area (Å²) in [6, 6.07) is 14.5. The molecule has 3 nitrogen and oxygen atoms in total. The van der Waals surface area contributed by atoms with Gasteiger partial charge in [0.1, 0.15) is 0 Å². The van der Waals surface area contributed by atoms with Crippen LogP contribution in [0.2, 0.25) is 0 Å². The molecule has 0 saturated carbocycles. The highest BCUT2D eigenvalue weighted by Crippen LogP contribution is 2.22. The van der Waals surface area contributed by atoms with Crippen LogP contribution in [0.1, 0.15) is 24.2 Å². The normalized spacial score (nSPS) is 14.2. The van der Waals surface area contributed by atoms with E-state index in [1.807, 2.05) is 31.3 Å². The summed E-state index contributed by atoms with van der Waals surface area (Å²) in [4.78, 5) is 6.69. The van der Waals surface area contributed by atoms with E-state index in [9.17, 15) is 0 Å². The van der Waals surface area contributed by atoms with Crippen LogP contribution in [0.15, 0.2) is 53.1 Å². The lowest BCUT2D eigenvalue weighted by molar-refractivity contribution is 0.206. The zero-order valence-corrected chi connectivity index (χ0v) is 13.4. The Hall–Kier alpha value is -1.23. The molecule has 20 heavy (non-hydrogen) atoms.